The lowest BCUT2D eigenvalue weighted by Crippen LogP contribution is -2.04. The van der Waals surface area contributed by atoms with Gasteiger partial charge in [-0.25, -0.2) is 0 Å². The second-order valence-electron chi connectivity index (χ2n) is 2.80. The highest BCUT2D eigenvalue weighted by Crippen LogP contribution is 2.19. The first-order valence-corrected chi connectivity index (χ1v) is 4.81. The Morgan fingerprint density at radius 3 is 2.38 bits per heavy atom. The van der Waals surface area contributed by atoms with Gasteiger partial charge in [-0.3, -0.25) is 4.79 Å². The predicted octanol–water partition coefficient (Wildman–Crippen LogP) is 3.07. The molecule has 0 aliphatic heterocycles. The van der Waals surface area contributed by atoms with Crippen LogP contribution in [0.2, 0.25) is 0 Å². The normalized spacial score (nSPS) is 12.2. The van der Waals surface area contributed by atoms with E-state index in [1.807, 2.05) is 31.2 Å². The van der Waals surface area contributed by atoms with Gasteiger partial charge in [-0.15, -0.1) is 0 Å². The lowest BCUT2D eigenvalue weighted by molar-refractivity contribution is -0.145. The van der Waals surface area contributed by atoms with Crippen molar-refractivity contribution in [2.75, 3.05) is 0 Å². The topological polar surface area (TPSA) is 26.3 Å². The summed E-state index contributed by atoms with van der Waals surface area (Å²) >= 11 is 3.34. The van der Waals surface area contributed by atoms with Crippen LogP contribution in [-0.4, -0.2) is 5.97 Å². The Hall–Kier alpha value is -0.830. The number of rotatable bonds is 2. The summed E-state index contributed by atoms with van der Waals surface area (Å²) < 4.78 is 6.04. The zero-order valence-electron chi connectivity index (χ0n) is 7.58. The number of benzene rings is 1. The van der Waals surface area contributed by atoms with Gasteiger partial charge >= 0.3 is 5.97 Å². The maximum atomic E-state index is 10.7. The van der Waals surface area contributed by atoms with Gasteiger partial charge in [-0.05, 0) is 24.6 Å². The average molecular weight is 243 g/mol. The summed E-state index contributed by atoms with van der Waals surface area (Å²) in [6.45, 7) is 3.26. The number of carbonyl (C=O) groups is 1. The van der Waals surface area contributed by atoms with E-state index >= 15 is 0 Å². The first-order chi connectivity index (χ1) is 6.09. The monoisotopic (exact) mass is 242 g/mol. The SMILES string of the molecule is CC(=O)O[C@H](C)c1ccc(Br)cc1. The van der Waals surface area contributed by atoms with Gasteiger partial charge in [0, 0.05) is 11.4 Å². The molecule has 0 aromatic heterocycles. The molecule has 0 aliphatic carbocycles. The van der Waals surface area contributed by atoms with Gasteiger partial charge in [0.15, 0.2) is 0 Å². The molecule has 3 heteroatoms. The number of halogens is 1. The van der Waals surface area contributed by atoms with Gasteiger partial charge in [-0.2, -0.15) is 0 Å². The third-order valence-corrected chi connectivity index (χ3v) is 2.21. The van der Waals surface area contributed by atoms with Crippen LogP contribution < -0.4 is 0 Å². The highest BCUT2D eigenvalue weighted by molar-refractivity contribution is 9.10. The fourth-order valence-electron chi connectivity index (χ4n) is 1.05. The minimum absolute atomic E-state index is 0.175. The maximum Gasteiger partial charge on any atom is 0.303 e. The Morgan fingerprint density at radius 1 is 1.38 bits per heavy atom. The molecule has 0 bridgehead atoms. The van der Waals surface area contributed by atoms with E-state index in [4.69, 9.17) is 4.74 Å². The van der Waals surface area contributed by atoms with Gasteiger partial charge in [0.1, 0.15) is 6.10 Å². The van der Waals surface area contributed by atoms with Crippen molar-refractivity contribution in [3.8, 4) is 0 Å². The molecule has 0 heterocycles. The van der Waals surface area contributed by atoms with Crippen molar-refractivity contribution in [3.05, 3.63) is 34.3 Å². The minimum atomic E-state index is -0.254. The largest absolute Gasteiger partial charge is 0.458 e. The summed E-state index contributed by atoms with van der Waals surface area (Å²) in [5.41, 5.74) is 0.999. The molecule has 13 heavy (non-hydrogen) atoms. The predicted molar refractivity (Wildman–Crippen MR) is 54.3 cm³/mol. The fourth-order valence-corrected chi connectivity index (χ4v) is 1.32. The van der Waals surface area contributed by atoms with E-state index in [1.165, 1.54) is 6.92 Å². The second kappa shape index (κ2) is 4.42. The Labute approximate surface area is 86.0 Å². The molecule has 0 amide bonds. The molecule has 1 aromatic carbocycles. The molecular formula is C10H11BrO2. The number of hydrogen-bond donors (Lipinski definition) is 0. The summed E-state index contributed by atoms with van der Waals surface area (Å²) in [5.74, 6) is -0.254. The van der Waals surface area contributed by atoms with Gasteiger partial charge in [0.25, 0.3) is 0 Å². The van der Waals surface area contributed by atoms with Crippen LogP contribution in [0.15, 0.2) is 28.7 Å². The molecular weight excluding hydrogens is 232 g/mol. The molecule has 0 fully saturated rings. The molecule has 0 spiro atoms. The van der Waals surface area contributed by atoms with Crippen LogP contribution in [0.5, 0.6) is 0 Å². The molecule has 0 aliphatic rings. The molecule has 0 unspecified atom stereocenters. The lowest BCUT2D eigenvalue weighted by Gasteiger charge is -2.11. The van der Waals surface area contributed by atoms with E-state index in [9.17, 15) is 4.79 Å². The molecule has 1 rings (SSSR count). The molecule has 0 N–H and O–H groups in total. The maximum absolute atomic E-state index is 10.7. The fraction of sp³-hybridized carbons (Fsp3) is 0.300. The van der Waals surface area contributed by atoms with E-state index in [0.717, 1.165) is 10.0 Å². The number of carbonyl (C=O) groups excluding carboxylic acids is 1. The average Bonchev–Trinajstić information content (AvgIpc) is 2.04. The quantitative estimate of drug-likeness (QED) is 0.746. The van der Waals surface area contributed by atoms with Gasteiger partial charge < -0.3 is 4.74 Å². The third-order valence-electron chi connectivity index (χ3n) is 1.68. The summed E-state index contributed by atoms with van der Waals surface area (Å²) in [5, 5.41) is 0. The van der Waals surface area contributed by atoms with Crippen molar-refractivity contribution in [3.63, 3.8) is 0 Å². The summed E-state index contributed by atoms with van der Waals surface area (Å²) in [6, 6.07) is 7.71. The number of hydrogen-bond acceptors (Lipinski definition) is 2. The van der Waals surface area contributed by atoms with E-state index < -0.39 is 0 Å². The first-order valence-electron chi connectivity index (χ1n) is 4.02. The van der Waals surface area contributed by atoms with Crippen molar-refractivity contribution < 1.29 is 9.53 Å². The lowest BCUT2D eigenvalue weighted by atomic mass is 10.1. The summed E-state index contributed by atoms with van der Waals surface area (Å²) in [7, 11) is 0. The number of ether oxygens (including phenoxy) is 1. The first kappa shape index (κ1) is 10.3. The third kappa shape index (κ3) is 3.19. The van der Waals surface area contributed by atoms with Gasteiger partial charge in [-0.1, -0.05) is 28.1 Å². The Bertz CT molecular complexity index is 292. The van der Waals surface area contributed by atoms with Crippen LogP contribution in [0.1, 0.15) is 25.5 Å². The molecule has 0 radical (unpaired) electrons. The van der Waals surface area contributed by atoms with Gasteiger partial charge in [0.2, 0.25) is 0 Å². The Kier molecular flexibility index (Phi) is 3.48. The van der Waals surface area contributed by atoms with Crippen molar-refractivity contribution in [1.29, 1.82) is 0 Å². The molecule has 1 aromatic rings. The molecule has 2 nitrogen and oxygen atoms in total. The molecule has 1 atom stereocenters. The standard InChI is InChI=1S/C10H11BrO2/c1-7(13-8(2)12)9-3-5-10(11)6-4-9/h3-7H,1-2H3/t7-/m1/s1. The molecule has 70 valence electrons. The van der Waals surface area contributed by atoms with Crippen LogP contribution in [0.4, 0.5) is 0 Å². The zero-order valence-corrected chi connectivity index (χ0v) is 9.17. The van der Waals surface area contributed by atoms with Crippen LogP contribution >= 0.6 is 15.9 Å². The zero-order chi connectivity index (χ0) is 9.84. The second-order valence-corrected chi connectivity index (χ2v) is 3.72. The number of esters is 1. The summed E-state index contributed by atoms with van der Waals surface area (Å²) in [6.07, 6.45) is -0.175. The van der Waals surface area contributed by atoms with E-state index in [2.05, 4.69) is 15.9 Å². The summed E-state index contributed by atoms with van der Waals surface area (Å²) in [4.78, 5) is 10.7. The van der Waals surface area contributed by atoms with Crippen LogP contribution in [0.25, 0.3) is 0 Å². The Morgan fingerprint density at radius 2 is 1.92 bits per heavy atom. The van der Waals surface area contributed by atoms with Crippen molar-refractivity contribution >= 4 is 21.9 Å². The van der Waals surface area contributed by atoms with E-state index in [0.29, 0.717) is 0 Å². The Balaban J connectivity index is 2.71. The highest BCUT2D eigenvalue weighted by atomic mass is 79.9. The van der Waals surface area contributed by atoms with Crippen molar-refractivity contribution in [2.45, 2.75) is 20.0 Å². The van der Waals surface area contributed by atoms with E-state index in [-0.39, 0.29) is 12.1 Å². The molecule has 0 saturated heterocycles. The van der Waals surface area contributed by atoms with Crippen molar-refractivity contribution in [2.24, 2.45) is 0 Å². The van der Waals surface area contributed by atoms with Gasteiger partial charge in [0.05, 0.1) is 0 Å². The van der Waals surface area contributed by atoms with E-state index in [1.54, 1.807) is 0 Å². The highest BCUT2D eigenvalue weighted by Gasteiger charge is 2.07. The van der Waals surface area contributed by atoms with Crippen molar-refractivity contribution in [1.82, 2.24) is 0 Å². The molecule has 0 saturated carbocycles. The smallest absolute Gasteiger partial charge is 0.303 e. The minimum Gasteiger partial charge on any atom is -0.458 e. The van der Waals surface area contributed by atoms with Crippen LogP contribution in [0, 0.1) is 0 Å². The van der Waals surface area contributed by atoms with Crippen LogP contribution in [0.3, 0.4) is 0 Å². The van der Waals surface area contributed by atoms with Crippen LogP contribution in [-0.2, 0) is 9.53 Å².